The monoisotopic (exact) mass is 514 g/mol. The molecule has 0 aliphatic rings. The summed E-state index contributed by atoms with van der Waals surface area (Å²) in [5, 5.41) is 13.9. The minimum atomic E-state index is -4.11. The van der Waals surface area contributed by atoms with Gasteiger partial charge < -0.3 is 14.3 Å². The zero-order valence-electron chi connectivity index (χ0n) is 20.7. The van der Waals surface area contributed by atoms with Gasteiger partial charge in [0.1, 0.15) is 5.75 Å². The third-order valence-corrected chi connectivity index (χ3v) is 5.79. The number of aromatic amines is 2. The van der Waals surface area contributed by atoms with Gasteiger partial charge in [0, 0.05) is 42.2 Å². The Balaban J connectivity index is 1.53. The highest BCUT2D eigenvalue weighted by Gasteiger charge is 2.25. The number of tetrazole rings is 1. The molecule has 1 aromatic carbocycles. The lowest BCUT2D eigenvalue weighted by molar-refractivity contribution is -0.135. The zero-order chi connectivity index (χ0) is 26.4. The fourth-order valence-corrected chi connectivity index (χ4v) is 4.10. The number of H-pyrrole nitrogens is 2. The van der Waals surface area contributed by atoms with E-state index in [1.54, 1.807) is 12.1 Å². The standard InChI is InChI=1S/C26H29F3N6O2/c1-17(2)15-35-12-10-19(16-35)21-14-22(30-25(36)23(21)24-31-33-34-32-24)18-6-8-20(9-7-18)37-13-5-3-4-11-26(27,28)29/h6-10,12,14,16-17H,3-5,11,13,15H2,1-2H3,(H,30,36)(H,31,32,33,34). The number of hydrogen-bond acceptors (Lipinski definition) is 5. The molecule has 0 atom stereocenters. The molecule has 11 heteroatoms. The van der Waals surface area contributed by atoms with Gasteiger partial charge in [-0.1, -0.05) is 13.8 Å². The highest BCUT2D eigenvalue weighted by atomic mass is 19.4. The normalized spacial score (nSPS) is 11.8. The van der Waals surface area contributed by atoms with Gasteiger partial charge in [0.05, 0.1) is 12.2 Å². The molecular weight excluding hydrogens is 485 g/mol. The Bertz CT molecular complexity index is 1340. The van der Waals surface area contributed by atoms with Gasteiger partial charge in [0.15, 0.2) is 5.82 Å². The first-order valence-electron chi connectivity index (χ1n) is 12.2. The SMILES string of the molecule is CC(C)Cn1ccc(-c2cc(-c3ccc(OCCCCCC(F)(F)F)cc3)[nH]c(=O)c2-c2nnn[nH]2)c1. The molecule has 4 aromatic rings. The lowest BCUT2D eigenvalue weighted by Gasteiger charge is -2.11. The summed E-state index contributed by atoms with van der Waals surface area (Å²) in [5.41, 5.74) is 2.97. The molecule has 0 bridgehead atoms. The van der Waals surface area contributed by atoms with Crippen molar-refractivity contribution in [1.82, 2.24) is 30.2 Å². The third kappa shape index (κ3) is 7.08. The van der Waals surface area contributed by atoms with Crippen LogP contribution in [0.4, 0.5) is 13.2 Å². The predicted molar refractivity (Wildman–Crippen MR) is 134 cm³/mol. The van der Waals surface area contributed by atoms with Crippen molar-refractivity contribution in [2.45, 2.75) is 52.3 Å². The number of aromatic nitrogens is 6. The molecule has 0 saturated carbocycles. The van der Waals surface area contributed by atoms with E-state index in [0.717, 1.165) is 17.7 Å². The van der Waals surface area contributed by atoms with Crippen LogP contribution >= 0.6 is 0 Å². The molecule has 2 N–H and O–H groups in total. The fourth-order valence-electron chi connectivity index (χ4n) is 4.10. The van der Waals surface area contributed by atoms with Crippen LogP contribution in [0.2, 0.25) is 0 Å². The quantitative estimate of drug-likeness (QED) is 0.245. The molecule has 3 aromatic heterocycles. The fraction of sp³-hybridized carbons (Fsp3) is 0.385. The van der Waals surface area contributed by atoms with E-state index in [9.17, 15) is 18.0 Å². The number of ether oxygens (including phenoxy) is 1. The van der Waals surface area contributed by atoms with E-state index in [0.29, 0.717) is 47.9 Å². The molecule has 4 rings (SSSR count). The number of alkyl halides is 3. The van der Waals surface area contributed by atoms with Crippen LogP contribution in [0.5, 0.6) is 5.75 Å². The molecule has 8 nitrogen and oxygen atoms in total. The van der Waals surface area contributed by atoms with Gasteiger partial charge in [-0.15, -0.1) is 5.10 Å². The van der Waals surface area contributed by atoms with Crippen molar-refractivity contribution >= 4 is 0 Å². The lowest BCUT2D eigenvalue weighted by Crippen LogP contribution is -2.12. The lowest BCUT2D eigenvalue weighted by atomic mass is 10.00. The Morgan fingerprint density at radius 1 is 1.05 bits per heavy atom. The summed E-state index contributed by atoms with van der Waals surface area (Å²) in [4.78, 5) is 16.1. The second-order valence-corrected chi connectivity index (χ2v) is 9.34. The number of rotatable bonds is 11. The Morgan fingerprint density at radius 2 is 1.84 bits per heavy atom. The molecule has 0 fully saturated rings. The summed E-state index contributed by atoms with van der Waals surface area (Å²) in [5.74, 6) is 1.35. The van der Waals surface area contributed by atoms with Gasteiger partial charge in [0.25, 0.3) is 5.56 Å². The van der Waals surface area contributed by atoms with E-state index in [1.165, 1.54) is 0 Å². The molecule has 0 saturated heterocycles. The van der Waals surface area contributed by atoms with E-state index < -0.39 is 12.6 Å². The van der Waals surface area contributed by atoms with E-state index in [4.69, 9.17) is 4.74 Å². The number of hydrogen-bond donors (Lipinski definition) is 2. The van der Waals surface area contributed by atoms with E-state index >= 15 is 0 Å². The number of unbranched alkanes of at least 4 members (excludes halogenated alkanes) is 2. The molecule has 196 valence electrons. The Hall–Kier alpha value is -3.89. The van der Waals surface area contributed by atoms with Crippen LogP contribution in [-0.4, -0.2) is 43.0 Å². The summed E-state index contributed by atoms with van der Waals surface area (Å²) in [6.45, 7) is 5.46. The first-order valence-corrected chi connectivity index (χ1v) is 12.2. The average Bonchev–Trinajstić information content (AvgIpc) is 3.52. The number of nitrogens with one attached hydrogen (secondary N) is 2. The number of benzene rings is 1. The summed E-state index contributed by atoms with van der Waals surface area (Å²) in [6, 6.07) is 11.1. The maximum atomic E-state index is 13.2. The van der Waals surface area contributed by atoms with Crippen LogP contribution < -0.4 is 10.3 Å². The number of halogens is 3. The smallest absolute Gasteiger partial charge is 0.389 e. The topological polar surface area (TPSA) is 101 Å². The van der Waals surface area contributed by atoms with Gasteiger partial charge in [0.2, 0.25) is 0 Å². The largest absolute Gasteiger partial charge is 0.494 e. The maximum Gasteiger partial charge on any atom is 0.389 e. The van der Waals surface area contributed by atoms with Crippen molar-refractivity contribution in [3.8, 4) is 39.5 Å². The van der Waals surface area contributed by atoms with Crippen molar-refractivity contribution < 1.29 is 17.9 Å². The Labute approximate surface area is 211 Å². The summed E-state index contributed by atoms with van der Waals surface area (Å²) < 4.78 is 44.4. The first-order chi connectivity index (χ1) is 17.7. The first kappa shape index (κ1) is 26.2. The van der Waals surface area contributed by atoms with Crippen molar-refractivity contribution in [2.24, 2.45) is 5.92 Å². The third-order valence-electron chi connectivity index (χ3n) is 5.79. The average molecular weight is 515 g/mol. The molecule has 3 heterocycles. The van der Waals surface area contributed by atoms with Gasteiger partial charge in [-0.3, -0.25) is 4.79 Å². The van der Waals surface area contributed by atoms with Crippen LogP contribution in [0.1, 0.15) is 39.5 Å². The van der Waals surface area contributed by atoms with Crippen molar-refractivity contribution in [3.63, 3.8) is 0 Å². The van der Waals surface area contributed by atoms with Crippen LogP contribution in [-0.2, 0) is 6.54 Å². The molecular formula is C26H29F3N6O2. The minimum absolute atomic E-state index is 0.0997. The number of pyridine rings is 1. The molecule has 0 radical (unpaired) electrons. The van der Waals surface area contributed by atoms with Crippen molar-refractivity contribution in [2.75, 3.05) is 6.61 Å². The van der Waals surface area contributed by atoms with E-state index in [-0.39, 0.29) is 17.8 Å². The van der Waals surface area contributed by atoms with Crippen LogP contribution in [0.3, 0.4) is 0 Å². The van der Waals surface area contributed by atoms with E-state index in [1.807, 2.05) is 36.7 Å². The second kappa shape index (κ2) is 11.4. The van der Waals surface area contributed by atoms with Crippen molar-refractivity contribution in [3.05, 3.63) is 59.1 Å². The molecule has 0 aliphatic heterocycles. The summed E-state index contributed by atoms with van der Waals surface area (Å²) in [6.07, 6.45) is 0.194. The molecule has 0 amide bonds. The maximum absolute atomic E-state index is 13.2. The molecule has 0 aliphatic carbocycles. The summed E-state index contributed by atoms with van der Waals surface area (Å²) >= 11 is 0. The van der Waals surface area contributed by atoms with Gasteiger partial charge in [-0.2, -0.15) is 13.2 Å². The Morgan fingerprint density at radius 3 is 2.51 bits per heavy atom. The summed E-state index contributed by atoms with van der Waals surface area (Å²) in [7, 11) is 0. The highest BCUT2D eigenvalue weighted by molar-refractivity contribution is 5.82. The Kier molecular flexibility index (Phi) is 8.10. The zero-order valence-corrected chi connectivity index (χ0v) is 20.7. The van der Waals surface area contributed by atoms with Crippen LogP contribution in [0.25, 0.3) is 33.8 Å². The van der Waals surface area contributed by atoms with Crippen molar-refractivity contribution in [1.29, 1.82) is 0 Å². The van der Waals surface area contributed by atoms with Crippen LogP contribution in [0.15, 0.2) is 53.6 Å². The second-order valence-electron chi connectivity index (χ2n) is 9.34. The molecule has 0 spiro atoms. The van der Waals surface area contributed by atoms with E-state index in [2.05, 4.69) is 44.0 Å². The van der Waals surface area contributed by atoms with Crippen LogP contribution in [0, 0.1) is 5.92 Å². The van der Waals surface area contributed by atoms with Gasteiger partial charge in [-0.25, -0.2) is 5.10 Å². The minimum Gasteiger partial charge on any atom is -0.494 e. The van der Waals surface area contributed by atoms with Gasteiger partial charge >= 0.3 is 6.18 Å². The molecule has 37 heavy (non-hydrogen) atoms. The highest BCUT2D eigenvalue weighted by Crippen LogP contribution is 2.31. The number of nitrogens with zero attached hydrogens (tertiary/aromatic N) is 4. The molecule has 0 unspecified atom stereocenters. The predicted octanol–water partition coefficient (Wildman–Crippen LogP) is 5.85. The van der Waals surface area contributed by atoms with Gasteiger partial charge in [-0.05, 0) is 77.6 Å².